The largest absolute Gasteiger partial charge is 0.495 e. The molecule has 0 aliphatic heterocycles. The van der Waals surface area contributed by atoms with Crippen LogP contribution in [0.25, 0.3) is 10.1 Å². The van der Waals surface area contributed by atoms with Gasteiger partial charge in [0.15, 0.2) is 0 Å². The van der Waals surface area contributed by atoms with E-state index in [-0.39, 0.29) is 5.78 Å². The van der Waals surface area contributed by atoms with E-state index in [1.54, 1.807) is 18.4 Å². The Kier molecular flexibility index (Phi) is 3.43. The molecule has 2 nitrogen and oxygen atoms in total. The van der Waals surface area contributed by atoms with Crippen LogP contribution in [-0.2, 0) is 0 Å². The first kappa shape index (κ1) is 12.8. The van der Waals surface area contributed by atoms with Crippen LogP contribution < -0.4 is 4.74 Å². The number of methoxy groups -OCH3 is 1. The number of rotatable bonds is 3. The van der Waals surface area contributed by atoms with Crippen molar-refractivity contribution >= 4 is 54.5 Å². The van der Waals surface area contributed by atoms with Gasteiger partial charge in [-0.05, 0) is 33.4 Å². The number of benzene rings is 1. The molecule has 1 aromatic carbocycles. The van der Waals surface area contributed by atoms with Gasteiger partial charge >= 0.3 is 0 Å². The maximum absolute atomic E-state index is 12.6. The van der Waals surface area contributed by atoms with E-state index in [1.807, 2.05) is 35.0 Å². The zero-order valence-electron chi connectivity index (χ0n) is 9.98. The molecule has 0 saturated heterocycles. The Labute approximate surface area is 126 Å². The number of thiophene rings is 2. The number of ether oxygens (including phenoxy) is 1. The number of hydrogen-bond donors (Lipinski definition) is 0. The Hall–Kier alpha value is -1.17. The van der Waals surface area contributed by atoms with Crippen LogP contribution in [0.2, 0.25) is 0 Å². The van der Waals surface area contributed by atoms with Crippen LogP contribution in [0.4, 0.5) is 0 Å². The predicted molar refractivity (Wildman–Crippen MR) is 83.8 cm³/mol. The Bertz CT molecular complexity index is 758. The molecule has 0 N–H and O–H groups in total. The number of carbonyl (C=O) groups excluding carboxylic acids is 1. The summed E-state index contributed by atoms with van der Waals surface area (Å²) in [6.45, 7) is 0. The third-order valence-electron chi connectivity index (χ3n) is 2.85. The van der Waals surface area contributed by atoms with Crippen LogP contribution in [0.5, 0.6) is 5.75 Å². The van der Waals surface area contributed by atoms with Gasteiger partial charge in [-0.2, -0.15) is 0 Å². The summed E-state index contributed by atoms with van der Waals surface area (Å²) in [6, 6.07) is 7.73. The number of halogens is 1. The van der Waals surface area contributed by atoms with Gasteiger partial charge in [0.05, 0.1) is 7.11 Å². The van der Waals surface area contributed by atoms with Crippen molar-refractivity contribution in [2.24, 2.45) is 0 Å². The highest BCUT2D eigenvalue weighted by Crippen LogP contribution is 2.35. The third-order valence-corrected chi connectivity index (χ3v) is 5.70. The van der Waals surface area contributed by atoms with Crippen molar-refractivity contribution in [2.45, 2.75) is 0 Å². The summed E-state index contributed by atoms with van der Waals surface area (Å²) in [5.41, 5.74) is 0.738. The Morgan fingerprint density at radius 2 is 2.11 bits per heavy atom. The first-order valence-electron chi connectivity index (χ1n) is 5.54. The third kappa shape index (κ3) is 2.12. The fourth-order valence-electron chi connectivity index (χ4n) is 1.94. The van der Waals surface area contributed by atoms with E-state index in [0.29, 0.717) is 10.6 Å². The van der Waals surface area contributed by atoms with E-state index in [4.69, 9.17) is 4.74 Å². The summed E-state index contributed by atoms with van der Waals surface area (Å²) < 4.78 is 7.34. The lowest BCUT2D eigenvalue weighted by Crippen LogP contribution is -1.99. The van der Waals surface area contributed by atoms with Crippen molar-refractivity contribution in [3.63, 3.8) is 0 Å². The molecular formula is C14H9BrO2S2. The first-order valence-corrected chi connectivity index (χ1v) is 8.09. The minimum absolute atomic E-state index is 0.0243. The van der Waals surface area contributed by atoms with Gasteiger partial charge in [-0.3, -0.25) is 4.79 Å². The molecule has 0 spiro atoms. The second kappa shape index (κ2) is 5.07. The predicted octanol–water partition coefficient (Wildman–Crippen LogP) is 4.96. The molecule has 96 valence electrons. The van der Waals surface area contributed by atoms with Crippen molar-refractivity contribution in [1.29, 1.82) is 0 Å². The van der Waals surface area contributed by atoms with Crippen LogP contribution >= 0.6 is 38.6 Å². The summed E-state index contributed by atoms with van der Waals surface area (Å²) in [4.78, 5) is 13.3. The number of fused-ring (bicyclic) bond motifs is 1. The minimum atomic E-state index is 0.0243. The number of carbonyl (C=O) groups is 1. The second-order valence-electron chi connectivity index (χ2n) is 3.91. The highest BCUT2D eigenvalue weighted by Gasteiger charge is 2.19. The number of hydrogen-bond acceptors (Lipinski definition) is 4. The van der Waals surface area contributed by atoms with Gasteiger partial charge in [0.1, 0.15) is 10.6 Å². The van der Waals surface area contributed by atoms with Crippen molar-refractivity contribution in [3.8, 4) is 5.75 Å². The maximum atomic E-state index is 12.6. The highest BCUT2D eigenvalue weighted by molar-refractivity contribution is 9.10. The Balaban J connectivity index is 2.15. The Morgan fingerprint density at radius 1 is 1.26 bits per heavy atom. The maximum Gasteiger partial charge on any atom is 0.208 e. The van der Waals surface area contributed by atoms with Gasteiger partial charge in [0, 0.05) is 25.5 Å². The topological polar surface area (TPSA) is 26.3 Å². The van der Waals surface area contributed by atoms with Crippen LogP contribution in [0.15, 0.2) is 39.5 Å². The van der Waals surface area contributed by atoms with Crippen molar-refractivity contribution in [1.82, 2.24) is 0 Å². The first-order chi connectivity index (χ1) is 9.22. The van der Waals surface area contributed by atoms with Crippen molar-refractivity contribution < 1.29 is 9.53 Å². The van der Waals surface area contributed by atoms with Gasteiger partial charge in [-0.1, -0.05) is 12.1 Å². The van der Waals surface area contributed by atoms with Crippen molar-refractivity contribution in [3.05, 3.63) is 49.9 Å². The standard InChI is InChI=1S/C14H9BrO2S2/c1-17-11-5-6-18-14(11)12(16)9-7-19-13-8(9)3-2-4-10(13)15/h2-7H,1H3. The van der Waals surface area contributed by atoms with E-state index in [0.717, 1.165) is 20.1 Å². The molecule has 19 heavy (non-hydrogen) atoms. The zero-order chi connectivity index (χ0) is 13.4. The lowest BCUT2D eigenvalue weighted by Gasteiger charge is -2.01. The molecule has 2 heterocycles. The van der Waals surface area contributed by atoms with Gasteiger partial charge in [-0.25, -0.2) is 0 Å². The van der Waals surface area contributed by atoms with E-state index in [2.05, 4.69) is 15.9 Å². The molecule has 0 amide bonds. The normalized spacial score (nSPS) is 10.8. The summed E-state index contributed by atoms with van der Waals surface area (Å²) in [5.74, 6) is 0.667. The van der Waals surface area contributed by atoms with E-state index in [9.17, 15) is 4.79 Å². The van der Waals surface area contributed by atoms with E-state index >= 15 is 0 Å². The summed E-state index contributed by atoms with van der Waals surface area (Å²) in [5, 5.41) is 4.77. The highest BCUT2D eigenvalue weighted by atomic mass is 79.9. The SMILES string of the molecule is COc1ccsc1C(=O)c1csc2c(Br)cccc12. The average molecular weight is 353 g/mol. The molecule has 0 radical (unpaired) electrons. The second-order valence-corrected chi connectivity index (χ2v) is 6.56. The Morgan fingerprint density at radius 3 is 2.89 bits per heavy atom. The molecule has 0 aliphatic carbocycles. The fraction of sp³-hybridized carbons (Fsp3) is 0.0714. The van der Waals surface area contributed by atoms with E-state index < -0.39 is 0 Å². The van der Waals surface area contributed by atoms with Gasteiger partial charge < -0.3 is 4.74 Å². The molecule has 3 aromatic rings. The van der Waals surface area contributed by atoms with Crippen LogP contribution in [0.1, 0.15) is 15.2 Å². The average Bonchev–Trinajstić information content (AvgIpc) is 3.05. The molecule has 3 rings (SSSR count). The molecule has 5 heteroatoms. The quantitative estimate of drug-likeness (QED) is 0.622. The smallest absolute Gasteiger partial charge is 0.208 e. The van der Waals surface area contributed by atoms with Crippen molar-refractivity contribution in [2.75, 3.05) is 7.11 Å². The van der Waals surface area contributed by atoms with Gasteiger partial charge in [-0.15, -0.1) is 22.7 Å². The van der Waals surface area contributed by atoms with Gasteiger partial charge in [0.25, 0.3) is 0 Å². The molecular weight excluding hydrogens is 344 g/mol. The van der Waals surface area contributed by atoms with Crippen LogP contribution in [0.3, 0.4) is 0 Å². The molecule has 0 atom stereocenters. The molecule has 2 aromatic heterocycles. The monoisotopic (exact) mass is 352 g/mol. The van der Waals surface area contributed by atoms with E-state index in [1.165, 1.54) is 11.3 Å². The van der Waals surface area contributed by atoms with Crippen LogP contribution in [0, 0.1) is 0 Å². The molecule has 0 aliphatic rings. The fourth-order valence-corrected chi connectivity index (χ4v) is 4.36. The molecule has 0 unspecified atom stereocenters. The molecule has 0 saturated carbocycles. The summed E-state index contributed by atoms with van der Waals surface area (Å²) >= 11 is 6.50. The zero-order valence-corrected chi connectivity index (χ0v) is 13.2. The van der Waals surface area contributed by atoms with Crippen LogP contribution in [-0.4, -0.2) is 12.9 Å². The number of ketones is 1. The molecule has 0 bridgehead atoms. The lowest BCUT2D eigenvalue weighted by molar-refractivity contribution is 0.104. The summed E-state index contributed by atoms with van der Waals surface area (Å²) in [7, 11) is 1.58. The lowest BCUT2D eigenvalue weighted by atomic mass is 10.1. The minimum Gasteiger partial charge on any atom is -0.495 e. The summed E-state index contributed by atoms with van der Waals surface area (Å²) in [6.07, 6.45) is 0. The molecule has 0 fully saturated rings. The van der Waals surface area contributed by atoms with Gasteiger partial charge in [0.2, 0.25) is 5.78 Å².